The summed E-state index contributed by atoms with van der Waals surface area (Å²) in [6.45, 7) is 2.45. The zero-order valence-corrected chi connectivity index (χ0v) is 10.6. The largest absolute Gasteiger partial charge is 0.349 e. The number of fused-ring (bicyclic) bond motifs is 1. The van der Waals surface area contributed by atoms with Gasteiger partial charge in [-0.2, -0.15) is 0 Å². The first kappa shape index (κ1) is 11.3. The molecule has 18 heavy (non-hydrogen) atoms. The van der Waals surface area contributed by atoms with E-state index in [-0.39, 0.29) is 5.78 Å². The van der Waals surface area contributed by atoms with Crippen LogP contribution >= 0.6 is 0 Å². The zero-order chi connectivity index (χ0) is 12.5. The molecule has 1 aromatic carbocycles. The van der Waals surface area contributed by atoms with Crippen molar-refractivity contribution < 1.29 is 4.79 Å². The maximum Gasteiger partial charge on any atom is 0.161 e. The normalized spacial score (nSPS) is 13.6. The zero-order valence-electron chi connectivity index (χ0n) is 10.6. The number of Topliss-reactive ketones (excluding diaryl/α,β-unsaturated/α-hetero) is 1. The van der Waals surface area contributed by atoms with Crippen molar-refractivity contribution in [1.29, 1.82) is 0 Å². The van der Waals surface area contributed by atoms with Crippen LogP contribution in [0.15, 0.2) is 36.7 Å². The van der Waals surface area contributed by atoms with E-state index in [2.05, 4.69) is 22.8 Å². The lowest BCUT2D eigenvalue weighted by Crippen LogP contribution is -1.98. The number of benzene rings is 1. The van der Waals surface area contributed by atoms with Gasteiger partial charge in [0.25, 0.3) is 0 Å². The highest BCUT2D eigenvalue weighted by Crippen LogP contribution is 2.23. The topological polar surface area (TPSA) is 22.0 Å². The number of carbonyl (C=O) groups excluding carboxylic acids is 1. The van der Waals surface area contributed by atoms with Crippen molar-refractivity contribution >= 4 is 5.78 Å². The van der Waals surface area contributed by atoms with Crippen LogP contribution in [0.25, 0.3) is 0 Å². The third-order valence-corrected chi connectivity index (χ3v) is 3.69. The van der Waals surface area contributed by atoms with Gasteiger partial charge in [-0.1, -0.05) is 18.2 Å². The quantitative estimate of drug-likeness (QED) is 0.754. The number of aryl methyl sites for hydroxylation is 2. The summed E-state index contributed by atoms with van der Waals surface area (Å²) in [5, 5.41) is 0. The second-order valence-corrected chi connectivity index (χ2v) is 5.09. The minimum absolute atomic E-state index is 0.128. The van der Waals surface area contributed by atoms with Gasteiger partial charge < -0.3 is 4.57 Å². The fourth-order valence-electron chi connectivity index (χ4n) is 2.68. The second-order valence-electron chi connectivity index (χ2n) is 5.09. The molecule has 0 spiro atoms. The molecule has 2 heteroatoms. The molecule has 0 saturated heterocycles. The van der Waals surface area contributed by atoms with E-state index < -0.39 is 0 Å². The molecule has 1 heterocycles. The molecular formula is C16H17NO. The Balaban J connectivity index is 1.81. The Kier molecular flexibility index (Phi) is 2.78. The van der Waals surface area contributed by atoms with Crippen LogP contribution in [0.4, 0.5) is 0 Å². The number of nitrogens with zero attached hydrogens (tertiary/aromatic N) is 1. The molecule has 0 amide bonds. The van der Waals surface area contributed by atoms with Gasteiger partial charge in [-0.3, -0.25) is 4.79 Å². The molecule has 92 valence electrons. The van der Waals surface area contributed by atoms with Crippen molar-refractivity contribution in [2.75, 3.05) is 0 Å². The van der Waals surface area contributed by atoms with Crippen LogP contribution in [0.3, 0.4) is 0 Å². The number of ketones is 1. The molecule has 0 bridgehead atoms. The van der Waals surface area contributed by atoms with Gasteiger partial charge in [-0.15, -0.1) is 0 Å². The first-order valence-electron chi connectivity index (χ1n) is 6.50. The molecular weight excluding hydrogens is 222 g/mol. The van der Waals surface area contributed by atoms with Crippen molar-refractivity contribution in [3.05, 3.63) is 58.9 Å². The van der Waals surface area contributed by atoms with Gasteiger partial charge >= 0.3 is 0 Å². The van der Waals surface area contributed by atoms with Crippen LogP contribution in [0.1, 0.15) is 40.4 Å². The Morgan fingerprint density at radius 3 is 2.83 bits per heavy atom. The van der Waals surface area contributed by atoms with E-state index in [0.717, 1.165) is 12.1 Å². The van der Waals surface area contributed by atoms with Gasteiger partial charge in [-0.05, 0) is 48.9 Å². The standard InChI is InChI=1S/C16H17NO/c1-12(18)16-7-8-17(11-16)10-13-5-6-14-3-2-4-15(14)9-13/h5-9,11H,2-4,10H2,1H3. The Hall–Kier alpha value is -1.83. The van der Waals surface area contributed by atoms with Crippen LogP contribution in [0.2, 0.25) is 0 Å². The molecule has 0 N–H and O–H groups in total. The first-order valence-corrected chi connectivity index (χ1v) is 6.50. The van der Waals surface area contributed by atoms with Gasteiger partial charge in [0.1, 0.15) is 0 Å². The number of aromatic nitrogens is 1. The minimum Gasteiger partial charge on any atom is -0.349 e. The highest BCUT2D eigenvalue weighted by molar-refractivity contribution is 5.93. The highest BCUT2D eigenvalue weighted by Gasteiger charge is 2.11. The monoisotopic (exact) mass is 239 g/mol. The molecule has 0 aliphatic heterocycles. The average molecular weight is 239 g/mol. The molecule has 2 nitrogen and oxygen atoms in total. The van der Waals surface area contributed by atoms with Gasteiger partial charge in [0.15, 0.2) is 5.78 Å². The number of carbonyl (C=O) groups is 1. The minimum atomic E-state index is 0.128. The van der Waals surface area contributed by atoms with Crippen LogP contribution < -0.4 is 0 Å². The van der Waals surface area contributed by atoms with E-state index in [0.29, 0.717) is 0 Å². The lowest BCUT2D eigenvalue weighted by Gasteiger charge is -2.06. The van der Waals surface area contributed by atoms with E-state index in [1.54, 1.807) is 6.92 Å². The third-order valence-electron chi connectivity index (χ3n) is 3.69. The van der Waals surface area contributed by atoms with Crippen molar-refractivity contribution in [1.82, 2.24) is 4.57 Å². The number of hydrogen-bond donors (Lipinski definition) is 0. The van der Waals surface area contributed by atoms with Gasteiger partial charge in [0.2, 0.25) is 0 Å². The Morgan fingerprint density at radius 2 is 2.06 bits per heavy atom. The first-order chi connectivity index (χ1) is 8.72. The maximum absolute atomic E-state index is 11.3. The Bertz CT molecular complexity index is 595. The fourth-order valence-corrected chi connectivity index (χ4v) is 2.68. The summed E-state index contributed by atoms with van der Waals surface area (Å²) in [5.74, 6) is 0.128. The van der Waals surface area contributed by atoms with E-state index in [9.17, 15) is 4.79 Å². The molecule has 1 aliphatic carbocycles. The third kappa shape index (κ3) is 2.10. The van der Waals surface area contributed by atoms with Crippen molar-refractivity contribution in [2.24, 2.45) is 0 Å². The molecule has 0 unspecified atom stereocenters. The van der Waals surface area contributed by atoms with Gasteiger partial charge in [-0.25, -0.2) is 0 Å². The summed E-state index contributed by atoms with van der Waals surface area (Å²) in [5.41, 5.74) is 5.12. The van der Waals surface area contributed by atoms with E-state index in [1.807, 2.05) is 18.5 Å². The van der Waals surface area contributed by atoms with E-state index in [4.69, 9.17) is 0 Å². The molecule has 2 aromatic rings. The molecule has 3 rings (SSSR count). The average Bonchev–Trinajstić information content (AvgIpc) is 2.96. The SMILES string of the molecule is CC(=O)c1ccn(Cc2ccc3c(c2)CCC3)c1. The van der Waals surface area contributed by atoms with E-state index in [1.165, 1.54) is 36.0 Å². The summed E-state index contributed by atoms with van der Waals surface area (Å²) in [6.07, 6.45) is 7.64. The molecule has 0 atom stereocenters. The maximum atomic E-state index is 11.3. The summed E-state index contributed by atoms with van der Waals surface area (Å²) in [7, 11) is 0. The summed E-state index contributed by atoms with van der Waals surface area (Å²) in [6, 6.07) is 8.66. The molecule has 0 fully saturated rings. The number of rotatable bonds is 3. The number of hydrogen-bond acceptors (Lipinski definition) is 1. The van der Waals surface area contributed by atoms with Crippen molar-refractivity contribution in [3.8, 4) is 0 Å². The van der Waals surface area contributed by atoms with E-state index >= 15 is 0 Å². The molecule has 0 radical (unpaired) electrons. The molecule has 1 aliphatic rings. The second kappa shape index (κ2) is 4.45. The summed E-state index contributed by atoms with van der Waals surface area (Å²) < 4.78 is 2.08. The lowest BCUT2D eigenvalue weighted by atomic mass is 10.1. The van der Waals surface area contributed by atoms with Crippen LogP contribution in [0, 0.1) is 0 Å². The lowest BCUT2D eigenvalue weighted by molar-refractivity contribution is 0.101. The van der Waals surface area contributed by atoms with Gasteiger partial charge in [0, 0.05) is 24.5 Å². The summed E-state index contributed by atoms with van der Waals surface area (Å²) >= 11 is 0. The predicted octanol–water partition coefficient (Wildman–Crippen LogP) is 3.23. The fraction of sp³-hybridized carbons (Fsp3) is 0.312. The van der Waals surface area contributed by atoms with Crippen LogP contribution in [0.5, 0.6) is 0 Å². The smallest absolute Gasteiger partial charge is 0.161 e. The predicted molar refractivity (Wildman–Crippen MR) is 72.0 cm³/mol. The van der Waals surface area contributed by atoms with Crippen molar-refractivity contribution in [2.45, 2.75) is 32.7 Å². The summed E-state index contributed by atoms with van der Waals surface area (Å²) in [4.78, 5) is 11.3. The Labute approximate surface area is 107 Å². The van der Waals surface area contributed by atoms with Crippen molar-refractivity contribution in [3.63, 3.8) is 0 Å². The molecule has 0 saturated carbocycles. The molecule has 1 aromatic heterocycles. The van der Waals surface area contributed by atoms with Crippen LogP contribution in [-0.4, -0.2) is 10.4 Å². The highest BCUT2D eigenvalue weighted by atomic mass is 16.1. The van der Waals surface area contributed by atoms with Gasteiger partial charge in [0.05, 0.1) is 0 Å². The van der Waals surface area contributed by atoms with Crippen LogP contribution in [-0.2, 0) is 19.4 Å². The Morgan fingerprint density at radius 1 is 1.22 bits per heavy atom.